The van der Waals surface area contributed by atoms with Crippen molar-refractivity contribution >= 4 is 17.5 Å². The molecule has 2 N–H and O–H groups in total. The second-order valence-electron chi connectivity index (χ2n) is 8.85. The molecular formula is C30H25ClN4O6. The summed E-state index contributed by atoms with van der Waals surface area (Å²) < 4.78 is 17.9. The highest BCUT2D eigenvalue weighted by Gasteiger charge is 2.20. The van der Waals surface area contributed by atoms with E-state index in [1.54, 1.807) is 43.5 Å². The molecule has 0 saturated carbocycles. The number of amides is 1. The lowest BCUT2D eigenvalue weighted by atomic mass is 10.2. The Morgan fingerprint density at radius 3 is 2.27 bits per heavy atom. The van der Waals surface area contributed by atoms with Gasteiger partial charge in [-0.25, -0.2) is 14.7 Å². The first-order valence-corrected chi connectivity index (χ1v) is 12.8. The SMILES string of the molecule is COc1ccc(COc2c(O)cc(-n3cnc(C(=O)N(O)Cc4ccc(Oc5ccccc5)cc4)n3)cc2Cl)cc1. The number of ether oxygens (including phenoxy) is 3. The molecule has 0 unspecified atom stereocenters. The monoisotopic (exact) mass is 572 g/mol. The van der Waals surface area contributed by atoms with Gasteiger partial charge in [-0.1, -0.05) is 54.1 Å². The van der Waals surface area contributed by atoms with E-state index in [4.69, 9.17) is 25.8 Å². The summed E-state index contributed by atoms with van der Waals surface area (Å²) in [5, 5.41) is 25.7. The topological polar surface area (TPSA) is 119 Å². The van der Waals surface area contributed by atoms with Gasteiger partial charge in [0.2, 0.25) is 5.82 Å². The van der Waals surface area contributed by atoms with Gasteiger partial charge in [0.1, 0.15) is 30.2 Å². The van der Waals surface area contributed by atoms with E-state index in [0.29, 0.717) is 27.8 Å². The molecule has 41 heavy (non-hydrogen) atoms. The van der Waals surface area contributed by atoms with Gasteiger partial charge < -0.3 is 19.3 Å². The number of phenols is 1. The standard InChI is InChI=1S/C30H25ClN4O6/c1-39-23-11-9-21(10-12-23)18-40-28-26(31)15-22(16-27(28)36)34-19-32-29(33-34)30(37)35(38)17-20-7-13-25(14-8-20)41-24-5-3-2-4-6-24/h2-16,19,36,38H,17-18H2,1H3. The van der Waals surface area contributed by atoms with Crippen molar-refractivity contribution in [3.8, 4) is 34.4 Å². The van der Waals surface area contributed by atoms with Crippen LogP contribution in [0.1, 0.15) is 21.7 Å². The first kappa shape index (κ1) is 27.5. The molecular weight excluding hydrogens is 548 g/mol. The van der Waals surface area contributed by atoms with Crippen molar-refractivity contribution in [2.45, 2.75) is 13.2 Å². The molecule has 0 radical (unpaired) electrons. The Labute approximate surface area is 240 Å². The predicted molar refractivity (Wildman–Crippen MR) is 150 cm³/mol. The summed E-state index contributed by atoms with van der Waals surface area (Å²) in [5.74, 6) is 0.881. The lowest BCUT2D eigenvalue weighted by Crippen LogP contribution is -2.28. The molecule has 0 aliphatic carbocycles. The van der Waals surface area contributed by atoms with E-state index in [2.05, 4.69) is 10.1 Å². The van der Waals surface area contributed by atoms with Crippen LogP contribution in [-0.2, 0) is 13.2 Å². The number of aromatic nitrogens is 3. The Hall–Kier alpha value is -5.06. The largest absolute Gasteiger partial charge is 0.504 e. The molecule has 1 aromatic heterocycles. The number of hydrogen-bond acceptors (Lipinski definition) is 8. The van der Waals surface area contributed by atoms with Crippen molar-refractivity contribution in [3.63, 3.8) is 0 Å². The molecule has 0 aliphatic rings. The fourth-order valence-electron chi connectivity index (χ4n) is 3.85. The number of phenolic OH excluding ortho intramolecular Hbond substituents is 1. The number of nitrogens with zero attached hydrogens (tertiary/aromatic N) is 4. The van der Waals surface area contributed by atoms with Gasteiger partial charge in [-0.15, -0.1) is 5.10 Å². The summed E-state index contributed by atoms with van der Waals surface area (Å²) >= 11 is 6.37. The third kappa shape index (κ3) is 6.75. The number of methoxy groups -OCH3 is 1. The molecule has 0 spiro atoms. The van der Waals surface area contributed by atoms with Crippen molar-refractivity contribution in [2.24, 2.45) is 0 Å². The average Bonchev–Trinajstić information content (AvgIpc) is 3.48. The van der Waals surface area contributed by atoms with E-state index >= 15 is 0 Å². The quantitative estimate of drug-likeness (QED) is 0.154. The van der Waals surface area contributed by atoms with Crippen LogP contribution in [0.2, 0.25) is 5.02 Å². The Morgan fingerprint density at radius 1 is 0.927 bits per heavy atom. The molecule has 208 valence electrons. The minimum atomic E-state index is -0.803. The van der Waals surface area contributed by atoms with Crippen molar-refractivity contribution in [2.75, 3.05) is 7.11 Å². The normalized spacial score (nSPS) is 10.7. The van der Waals surface area contributed by atoms with E-state index in [1.807, 2.05) is 42.5 Å². The van der Waals surface area contributed by atoms with Crippen LogP contribution >= 0.6 is 11.6 Å². The van der Waals surface area contributed by atoms with Gasteiger partial charge in [0.15, 0.2) is 11.5 Å². The summed E-state index contributed by atoms with van der Waals surface area (Å²) in [7, 11) is 1.59. The zero-order chi connectivity index (χ0) is 28.8. The van der Waals surface area contributed by atoms with Gasteiger partial charge in [-0.2, -0.15) is 0 Å². The molecule has 1 amide bonds. The highest BCUT2D eigenvalue weighted by Crippen LogP contribution is 2.37. The first-order chi connectivity index (χ1) is 19.9. The van der Waals surface area contributed by atoms with Crippen LogP contribution in [0.3, 0.4) is 0 Å². The van der Waals surface area contributed by atoms with Crippen LogP contribution in [0.15, 0.2) is 97.3 Å². The van der Waals surface area contributed by atoms with E-state index in [9.17, 15) is 15.1 Å². The van der Waals surface area contributed by atoms with Crippen molar-refractivity contribution in [3.05, 3.63) is 119 Å². The van der Waals surface area contributed by atoms with Crippen LogP contribution in [0.5, 0.6) is 28.7 Å². The maximum Gasteiger partial charge on any atom is 0.317 e. The number of hydroxylamine groups is 2. The molecule has 11 heteroatoms. The van der Waals surface area contributed by atoms with Gasteiger partial charge in [0, 0.05) is 6.07 Å². The van der Waals surface area contributed by atoms with E-state index in [1.165, 1.54) is 23.1 Å². The molecule has 5 aromatic rings. The number of carbonyl (C=O) groups excluding carboxylic acids is 1. The predicted octanol–water partition coefficient (Wildman–Crippen LogP) is 6.04. The minimum Gasteiger partial charge on any atom is -0.504 e. The number of hydrogen-bond donors (Lipinski definition) is 2. The maximum atomic E-state index is 12.8. The van der Waals surface area contributed by atoms with Gasteiger partial charge >= 0.3 is 5.91 Å². The molecule has 0 aliphatic heterocycles. The second kappa shape index (κ2) is 12.4. The average molecular weight is 573 g/mol. The van der Waals surface area contributed by atoms with E-state index in [-0.39, 0.29) is 35.5 Å². The molecule has 4 aromatic carbocycles. The maximum absolute atomic E-state index is 12.8. The van der Waals surface area contributed by atoms with E-state index < -0.39 is 5.91 Å². The molecule has 0 atom stereocenters. The number of benzene rings is 4. The third-order valence-corrected chi connectivity index (χ3v) is 6.25. The van der Waals surface area contributed by atoms with Crippen LogP contribution < -0.4 is 14.2 Å². The Bertz CT molecular complexity index is 1600. The van der Waals surface area contributed by atoms with Crippen LogP contribution in [-0.4, -0.2) is 43.2 Å². The summed E-state index contributed by atoms with van der Waals surface area (Å²) in [6.07, 6.45) is 1.28. The molecule has 0 fully saturated rings. The van der Waals surface area contributed by atoms with Gasteiger partial charge in [0.05, 0.1) is 24.4 Å². The van der Waals surface area contributed by atoms with Crippen molar-refractivity contribution in [1.29, 1.82) is 0 Å². The van der Waals surface area contributed by atoms with Crippen molar-refractivity contribution < 1.29 is 29.3 Å². The Balaban J connectivity index is 1.21. The third-order valence-electron chi connectivity index (χ3n) is 5.97. The number of para-hydroxylation sites is 1. The molecule has 1 heterocycles. The lowest BCUT2D eigenvalue weighted by Gasteiger charge is -2.14. The zero-order valence-corrected chi connectivity index (χ0v) is 22.6. The number of carbonyl (C=O) groups is 1. The highest BCUT2D eigenvalue weighted by molar-refractivity contribution is 6.32. The molecule has 0 bridgehead atoms. The van der Waals surface area contributed by atoms with Crippen LogP contribution in [0.25, 0.3) is 5.69 Å². The number of rotatable bonds is 10. The Morgan fingerprint density at radius 2 is 1.59 bits per heavy atom. The van der Waals surface area contributed by atoms with Crippen molar-refractivity contribution in [1.82, 2.24) is 19.8 Å². The highest BCUT2D eigenvalue weighted by atomic mass is 35.5. The fourth-order valence-corrected chi connectivity index (χ4v) is 4.11. The summed E-state index contributed by atoms with van der Waals surface area (Å²) in [6.45, 7) is 0.0829. The smallest absolute Gasteiger partial charge is 0.317 e. The van der Waals surface area contributed by atoms with Crippen LogP contribution in [0.4, 0.5) is 0 Å². The molecule has 10 nitrogen and oxygen atoms in total. The summed E-state index contributed by atoms with van der Waals surface area (Å²) in [4.78, 5) is 16.8. The first-order valence-electron chi connectivity index (χ1n) is 12.4. The molecule has 0 saturated heterocycles. The Kier molecular flexibility index (Phi) is 8.33. The number of aromatic hydroxyl groups is 1. The lowest BCUT2D eigenvalue weighted by molar-refractivity contribution is -0.0656. The molecule has 5 rings (SSSR count). The second-order valence-corrected chi connectivity index (χ2v) is 9.25. The zero-order valence-electron chi connectivity index (χ0n) is 21.8. The van der Waals surface area contributed by atoms with Crippen LogP contribution in [0, 0.1) is 0 Å². The van der Waals surface area contributed by atoms with Gasteiger partial charge in [-0.05, 0) is 53.6 Å². The summed E-state index contributed by atoms with van der Waals surface area (Å²) in [6, 6.07) is 26.5. The minimum absolute atomic E-state index is 0.0914. The van der Waals surface area contributed by atoms with Gasteiger partial charge in [0.25, 0.3) is 0 Å². The van der Waals surface area contributed by atoms with Gasteiger partial charge in [-0.3, -0.25) is 10.0 Å². The van der Waals surface area contributed by atoms with E-state index in [0.717, 1.165) is 11.3 Å². The summed E-state index contributed by atoms with van der Waals surface area (Å²) in [5.41, 5.74) is 1.87. The fraction of sp³-hybridized carbons (Fsp3) is 0.100. The number of halogens is 1.